The van der Waals surface area contributed by atoms with Gasteiger partial charge in [0.05, 0.1) is 17.3 Å². The molecule has 4 rings (SSSR count). The lowest BCUT2D eigenvalue weighted by atomic mass is 9.91. The number of hydrogen-bond donors (Lipinski definition) is 3. The maximum absolute atomic E-state index is 13.6. The predicted octanol–water partition coefficient (Wildman–Crippen LogP) is 4.72. The largest absolute Gasteiger partial charge is 0.491 e. The van der Waals surface area contributed by atoms with Crippen molar-refractivity contribution in [1.29, 1.82) is 0 Å². The fourth-order valence-electron chi connectivity index (χ4n) is 4.21. The first-order valence-electron chi connectivity index (χ1n) is 11.6. The van der Waals surface area contributed by atoms with E-state index in [1.165, 1.54) is 0 Å². The SMILES string of the molecule is C[C@@H](c1ccccc1)[C@@H](C(=O)Nc1ccc(I)cc1Cl)N1C(=O)N[C@@H](c2ccc(OCCO)cc2)C1=O. The van der Waals surface area contributed by atoms with E-state index in [0.717, 1.165) is 14.0 Å². The van der Waals surface area contributed by atoms with Crippen LogP contribution >= 0.6 is 34.2 Å². The summed E-state index contributed by atoms with van der Waals surface area (Å²) in [6.45, 7) is 1.83. The van der Waals surface area contributed by atoms with Crippen LogP contribution in [0.5, 0.6) is 5.75 Å². The molecule has 1 saturated heterocycles. The van der Waals surface area contributed by atoms with Crippen LogP contribution in [-0.2, 0) is 9.59 Å². The molecule has 10 heteroatoms. The Morgan fingerprint density at radius 1 is 1.14 bits per heavy atom. The number of anilines is 1. The monoisotopic (exact) mass is 633 g/mol. The molecule has 8 nitrogen and oxygen atoms in total. The van der Waals surface area contributed by atoms with E-state index in [-0.39, 0.29) is 13.2 Å². The Labute approximate surface area is 233 Å². The number of nitrogens with zero attached hydrogens (tertiary/aromatic N) is 1. The van der Waals surface area contributed by atoms with Gasteiger partial charge in [0.15, 0.2) is 0 Å². The average Bonchev–Trinajstić information content (AvgIpc) is 3.19. The van der Waals surface area contributed by atoms with E-state index in [4.69, 9.17) is 21.4 Å². The molecule has 3 aromatic carbocycles. The number of imide groups is 1. The van der Waals surface area contributed by atoms with Crippen molar-refractivity contribution in [2.75, 3.05) is 18.5 Å². The third kappa shape index (κ3) is 6.06. The number of aliphatic hydroxyl groups is 1. The maximum Gasteiger partial charge on any atom is 0.325 e. The highest BCUT2D eigenvalue weighted by atomic mass is 127. The van der Waals surface area contributed by atoms with Gasteiger partial charge in [-0.3, -0.25) is 9.59 Å². The van der Waals surface area contributed by atoms with Crippen LogP contribution in [0.4, 0.5) is 10.5 Å². The quantitative estimate of drug-likeness (QED) is 0.234. The number of aliphatic hydroxyl groups excluding tert-OH is 1. The predicted molar refractivity (Wildman–Crippen MR) is 149 cm³/mol. The maximum atomic E-state index is 13.6. The minimum absolute atomic E-state index is 0.121. The third-order valence-electron chi connectivity index (χ3n) is 6.08. The molecule has 1 aliphatic rings. The van der Waals surface area contributed by atoms with Gasteiger partial charge < -0.3 is 20.5 Å². The van der Waals surface area contributed by atoms with Crippen molar-refractivity contribution in [2.24, 2.45) is 0 Å². The number of amides is 4. The van der Waals surface area contributed by atoms with Gasteiger partial charge in [-0.2, -0.15) is 0 Å². The lowest BCUT2D eigenvalue weighted by Crippen LogP contribution is -2.50. The summed E-state index contributed by atoms with van der Waals surface area (Å²) < 4.78 is 6.27. The number of halogens is 2. The van der Waals surface area contributed by atoms with E-state index in [9.17, 15) is 14.4 Å². The Bertz CT molecular complexity index is 1290. The number of ether oxygens (including phenoxy) is 1. The Morgan fingerprint density at radius 3 is 2.49 bits per heavy atom. The lowest BCUT2D eigenvalue weighted by molar-refractivity contribution is -0.134. The molecule has 0 spiro atoms. The highest BCUT2D eigenvalue weighted by Crippen LogP contribution is 2.32. The van der Waals surface area contributed by atoms with Gasteiger partial charge in [-0.1, -0.05) is 61.0 Å². The van der Waals surface area contributed by atoms with E-state index in [1.54, 1.807) is 49.4 Å². The molecular formula is C27H25ClIN3O5. The van der Waals surface area contributed by atoms with Crippen LogP contribution in [0, 0.1) is 3.57 Å². The van der Waals surface area contributed by atoms with E-state index in [2.05, 4.69) is 33.2 Å². The van der Waals surface area contributed by atoms with Crippen LogP contribution in [0.2, 0.25) is 5.02 Å². The van der Waals surface area contributed by atoms with Crippen LogP contribution in [0.1, 0.15) is 30.0 Å². The molecule has 0 bridgehead atoms. The van der Waals surface area contributed by atoms with E-state index in [1.807, 2.05) is 30.3 Å². The number of urea groups is 1. The summed E-state index contributed by atoms with van der Waals surface area (Å²) in [6.07, 6.45) is 0. The van der Waals surface area contributed by atoms with Crippen LogP contribution in [0.3, 0.4) is 0 Å². The molecule has 192 valence electrons. The number of benzene rings is 3. The van der Waals surface area contributed by atoms with Gasteiger partial charge in [0.2, 0.25) is 5.91 Å². The molecule has 0 aromatic heterocycles. The molecule has 3 aromatic rings. The van der Waals surface area contributed by atoms with Crippen LogP contribution < -0.4 is 15.4 Å². The summed E-state index contributed by atoms with van der Waals surface area (Å²) in [5.74, 6) is -1.05. The van der Waals surface area contributed by atoms with Crippen molar-refractivity contribution in [3.63, 3.8) is 0 Å². The number of carbonyl (C=O) groups excluding carboxylic acids is 3. The summed E-state index contributed by atoms with van der Waals surface area (Å²) in [5, 5.41) is 14.8. The molecule has 1 aliphatic heterocycles. The molecule has 3 N–H and O–H groups in total. The van der Waals surface area contributed by atoms with E-state index in [0.29, 0.717) is 22.0 Å². The average molecular weight is 634 g/mol. The fourth-order valence-corrected chi connectivity index (χ4v) is 5.11. The van der Waals surface area contributed by atoms with Crippen molar-refractivity contribution >= 4 is 57.7 Å². The minimum atomic E-state index is -1.14. The lowest BCUT2D eigenvalue weighted by Gasteiger charge is -2.30. The molecule has 4 amide bonds. The third-order valence-corrected chi connectivity index (χ3v) is 7.06. The van der Waals surface area contributed by atoms with Crippen molar-refractivity contribution in [1.82, 2.24) is 10.2 Å². The first-order chi connectivity index (χ1) is 17.8. The number of rotatable bonds is 9. The Hall–Kier alpha value is -3.15. The molecule has 1 fully saturated rings. The zero-order valence-electron chi connectivity index (χ0n) is 19.9. The zero-order valence-corrected chi connectivity index (χ0v) is 22.8. The van der Waals surface area contributed by atoms with Crippen molar-refractivity contribution in [2.45, 2.75) is 24.9 Å². The van der Waals surface area contributed by atoms with Gasteiger partial charge in [-0.05, 0) is 64.0 Å². The summed E-state index contributed by atoms with van der Waals surface area (Å²) in [5.41, 5.74) is 1.73. The highest BCUT2D eigenvalue weighted by Gasteiger charge is 2.47. The molecule has 37 heavy (non-hydrogen) atoms. The van der Waals surface area contributed by atoms with Crippen LogP contribution in [0.25, 0.3) is 0 Å². The van der Waals surface area contributed by atoms with E-state index < -0.39 is 35.8 Å². The van der Waals surface area contributed by atoms with Gasteiger partial charge in [0.1, 0.15) is 24.4 Å². The molecule has 3 atom stereocenters. The first kappa shape index (κ1) is 26.9. The second-order valence-electron chi connectivity index (χ2n) is 8.49. The topological polar surface area (TPSA) is 108 Å². The Balaban J connectivity index is 1.64. The van der Waals surface area contributed by atoms with E-state index >= 15 is 0 Å². The summed E-state index contributed by atoms with van der Waals surface area (Å²) in [7, 11) is 0. The fraction of sp³-hybridized carbons (Fsp3) is 0.222. The Kier molecular flexibility index (Phi) is 8.67. The molecule has 1 heterocycles. The summed E-state index contributed by atoms with van der Waals surface area (Å²) in [6, 6.07) is 18.3. The minimum Gasteiger partial charge on any atom is -0.491 e. The molecule has 0 saturated carbocycles. The second-order valence-corrected chi connectivity index (χ2v) is 10.1. The van der Waals surface area contributed by atoms with Crippen molar-refractivity contribution in [3.8, 4) is 5.75 Å². The zero-order chi connectivity index (χ0) is 26.5. The van der Waals surface area contributed by atoms with Crippen molar-refractivity contribution in [3.05, 3.63) is 92.5 Å². The number of nitrogens with one attached hydrogen (secondary N) is 2. The van der Waals surface area contributed by atoms with Gasteiger partial charge >= 0.3 is 6.03 Å². The molecular weight excluding hydrogens is 609 g/mol. The number of hydrogen-bond acceptors (Lipinski definition) is 5. The normalized spacial score (nSPS) is 16.8. The molecule has 0 radical (unpaired) electrons. The molecule has 0 aliphatic carbocycles. The standard InChI is InChI=1S/C27H25ClIN3O5/c1-16(17-5-3-2-4-6-17)24(25(34)30-22-12-9-19(29)15-21(22)28)32-26(35)23(31-27(32)36)18-7-10-20(11-8-18)37-14-13-33/h2-12,15-16,23-24,33H,13-14H2,1H3,(H,30,34)(H,31,36)/t16-,23-,24-/m0/s1. The summed E-state index contributed by atoms with van der Waals surface area (Å²) in [4.78, 5) is 41.4. The van der Waals surface area contributed by atoms with Gasteiger partial charge in [-0.25, -0.2) is 9.69 Å². The Morgan fingerprint density at radius 2 is 1.84 bits per heavy atom. The molecule has 0 unspecified atom stereocenters. The summed E-state index contributed by atoms with van der Waals surface area (Å²) >= 11 is 8.45. The second kappa shape index (κ2) is 11.9. The van der Waals surface area contributed by atoms with Crippen LogP contribution in [0.15, 0.2) is 72.8 Å². The van der Waals surface area contributed by atoms with Crippen LogP contribution in [-0.4, -0.2) is 47.1 Å². The highest BCUT2D eigenvalue weighted by molar-refractivity contribution is 14.1. The van der Waals surface area contributed by atoms with Gasteiger partial charge in [-0.15, -0.1) is 0 Å². The van der Waals surface area contributed by atoms with Crippen molar-refractivity contribution < 1.29 is 24.2 Å². The smallest absolute Gasteiger partial charge is 0.325 e. The van der Waals surface area contributed by atoms with Gasteiger partial charge in [0, 0.05) is 9.49 Å². The van der Waals surface area contributed by atoms with Gasteiger partial charge in [0.25, 0.3) is 5.91 Å². The number of carbonyl (C=O) groups is 3. The first-order valence-corrected chi connectivity index (χ1v) is 13.0.